The quantitative estimate of drug-likeness (QED) is 0.371. The molecular formula is C24H35NO6S2. The Hall–Kier alpha value is -1.78. The van der Waals surface area contributed by atoms with Crippen LogP contribution in [0.2, 0.25) is 0 Å². The van der Waals surface area contributed by atoms with Gasteiger partial charge in [-0.15, -0.1) is 0 Å². The molecule has 0 saturated carbocycles. The van der Waals surface area contributed by atoms with Crippen molar-refractivity contribution in [2.75, 3.05) is 12.9 Å². The molecule has 0 bridgehead atoms. The monoisotopic (exact) mass is 497 g/mol. The van der Waals surface area contributed by atoms with Crippen LogP contribution in [0.1, 0.15) is 50.2 Å². The van der Waals surface area contributed by atoms with Gasteiger partial charge in [0.15, 0.2) is 0 Å². The van der Waals surface area contributed by atoms with Gasteiger partial charge in [0, 0.05) is 6.04 Å². The third kappa shape index (κ3) is 10.8. The van der Waals surface area contributed by atoms with Gasteiger partial charge in [-0.2, -0.15) is 8.42 Å². The lowest BCUT2D eigenvalue weighted by molar-refractivity contribution is 0.0388. The molecule has 0 heterocycles. The maximum atomic E-state index is 12.9. The van der Waals surface area contributed by atoms with Crippen molar-refractivity contribution >= 4 is 20.1 Å². The van der Waals surface area contributed by atoms with Crippen molar-refractivity contribution in [1.82, 2.24) is 4.72 Å². The first-order valence-corrected chi connectivity index (χ1v) is 14.5. The fraction of sp³-hybridized carbons (Fsp3) is 0.500. The summed E-state index contributed by atoms with van der Waals surface area (Å²) in [7, 11) is -7.37. The summed E-state index contributed by atoms with van der Waals surface area (Å²) < 4.78 is 62.9. The summed E-state index contributed by atoms with van der Waals surface area (Å²) in [6.07, 6.45) is 3.50. The Labute approximate surface area is 198 Å². The maximum absolute atomic E-state index is 12.9. The van der Waals surface area contributed by atoms with E-state index in [1.54, 1.807) is 24.3 Å². The van der Waals surface area contributed by atoms with Crippen molar-refractivity contribution in [2.24, 2.45) is 0 Å². The molecule has 2 aromatic carbocycles. The molecule has 0 aliphatic rings. The molecule has 0 spiro atoms. The number of sulfonamides is 1. The number of unbranched alkanes of at least 4 members (excludes halogenated alkanes) is 1. The first-order valence-electron chi connectivity index (χ1n) is 11.2. The molecular weight excluding hydrogens is 462 g/mol. The number of benzene rings is 2. The van der Waals surface area contributed by atoms with E-state index in [1.807, 2.05) is 44.2 Å². The van der Waals surface area contributed by atoms with Gasteiger partial charge >= 0.3 is 0 Å². The molecule has 0 aromatic heterocycles. The highest BCUT2D eigenvalue weighted by Gasteiger charge is 2.23. The smallest absolute Gasteiger partial charge is 0.264 e. The zero-order valence-corrected chi connectivity index (χ0v) is 21.2. The van der Waals surface area contributed by atoms with Crippen LogP contribution in [-0.2, 0) is 35.7 Å². The molecule has 2 rings (SSSR count). The molecule has 0 radical (unpaired) electrons. The molecule has 9 heteroatoms. The van der Waals surface area contributed by atoms with Gasteiger partial charge in [0.2, 0.25) is 10.0 Å². The van der Waals surface area contributed by atoms with Crippen molar-refractivity contribution in [3.05, 3.63) is 65.7 Å². The summed E-state index contributed by atoms with van der Waals surface area (Å²) >= 11 is 0. The van der Waals surface area contributed by atoms with Crippen molar-refractivity contribution in [3.8, 4) is 0 Å². The van der Waals surface area contributed by atoms with E-state index in [2.05, 4.69) is 4.72 Å². The highest BCUT2D eigenvalue weighted by molar-refractivity contribution is 7.89. The Bertz CT molecular complexity index is 1040. The van der Waals surface area contributed by atoms with Crippen LogP contribution in [-0.4, -0.2) is 41.8 Å². The van der Waals surface area contributed by atoms with Crippen LogP contribution in [0, 0.1) is 6.92 Å². The van der Waals surface area contributed by atoms with E-state index in [0.717, 1.165) is 30.2 Å². The Kier molecular flexibility index (Phi) is 11.0. The average Bonchev–Trinajstić information content (AvgIpc) is 2.75. The normalized spacial score (nSPS) is 14.2. The van der Waals surface area contributed by atoms with Gasteiger partial charge in [-0.25, -0.2) is 13.1 Å². The summed E-state index contributed by atoms with van der Waals surface area (Å²) in [6.45, 7) is 4.37. The molecule has 1 N–H and O–H groups in total. The molecule has 184 valence electrons. The van der Waals surface area contributed by atoms with Crippen LogP contribution in [0.4, 0.5) is 0 Å². The summed E-state index contributed by atoms with van der Waals surface area (Å²) in [5.41, 5.74) is 1.95. The van der Waals surface area contributed by atoms with Crippen LogP contribution in [0.3, 0.4) is 0 Å². The second-order valence-electron chi connectivity index (χ2n) is 8.27. The Morgan fingerprint density at radius 1 is 0.909 bits per heavy atom. The number of nitrogens with one attached hydrogen (secondary N) is 1. The van der Waals surface area contributed by atoms with E-state index in [0.29, 0.717) is 25.9 Å². The molecule has 0 saturated heterocycles. The number of hydrogen-bond acceptors (Lipinski definition) is 6. The fourth-order valence-corrected chi connectivity index (χ4v) is 5.34. The zero-order chi connectivity index (χ0) is 24.3. The second kappa shape index (κ2) is 13.2. The molecule has 0 aliphatic carbocycles. The lowest BCUT2D eigenvalue weighted by Gasteiger charge is -2.22. The zero-order valence-electron chi connectivity index (χ0n) is 19.6. The molecule has 0 amide bonds. The molecule has 2 atom stereocenters. The van der Waals surface area contributed by atoms with Gasteiger partial charge < -0.3 is 4.74 Å². The Morgan fingerprint density at radius 3 is 2.18 bits per heavy atom. The first kappa shape index (κ1) is 27.5. The molecule has 33 heavy (non-hydrogen) atoms. The Morgan fingerprint density at radius 2 is 1.58 bits per heavy atom. The Balaban J connectivity index is 2.02. The molecule has 0 unspecified atom stereocenters. The largest absolute Gasteiger partial charge is 0.374 e. The minimum atomic E-state index is -3.68. The third-order valence-electron chi connectivity index (χ3n) is 5.12. The average molecular weight is 498 g/mol. The van der Waals surface area contributed by atoms with Crippen molar-refractivity contribution in [3.63, 3.8) is 0 Å². The minimum absolute atomic E-state index is 0.0905. The highest BCUT2D eigenvalue weighted by atomic mass is 32.2. The summed E-state index contributed by atoms with van der Waals surface area (Å²) in [6, 6.07) is 15.9. The van der Waals surface area contributed by atoms with Gasteiger partial charge in [0.25, 0.3) is 10.1 Å². The number of aryl methyl sites for hydroxylation is 1. The predicted molar refractivity (Wildman–Crippen MR) is 130 cm³/mol. The van der Waals surface area contributed by atoms with E-state index in [-0.39, 0.29) is 17.5 Å². The second-order valence-corrected chi connectivity index (χ2v) is 11.6. The summed E-state index contributed by atoms with van der Waals surface area (Å²) in [5, 5.41) is 0. The number of ether oxygens (including phenoxy) is 1. The third-order valence-corrected chi connectivity index (χ3v) is 7.28. The van der Waals surface area contributed by atoms with E-state index in [1.165, 1.54) is 0 Å². The lowest BCUT2D eigenvalue weighted by Crippen LogP contribution is -2.36. The van der Waals surface area contributed by atoms with Gasteiger partial charge in [0.1, 0.15) is 6.10 Å². The van der Waals surface area contributed by atoms with Crippen LogP contribution >= 0.6 is 0 Å². The van der Waals surface area contributed by atoms with E-state index < -0.39 is 26.2 Å². The van der Waals surface area contributed by atoms with Crippen LogP contribution < -0.4 is 4.72 Å². The topological polar surface area (TPSA) is 98.8 Å². The van der Waals surface area contributed by atoms with Crippen molar-refractivity contribution in [1.29, 1.82) is 0 Å². The van der Waals surface area contributed by atoms with Gasteiger partial charge in [-0.05, 0) is 43.9 Å². The predicted octanol–water partition coefficient (Wildman–Crippen LogP) is 4.17. The first-order chi connectivity index (χ1) is 15.6. The van der Waals surface area contributed by atoms with E-state index >= 15 is 0 Å². The number of rotatable bonds is 15. The lowest BCUT2D eigenvalue weighted by atomic mass is 10.0. The summed E-state index contributed by atoms with van der Waals surface area (Å²) in [4.78, 5) is 0.213. The van der Waals surface area contributed by atoms with Gasteiger partial charge in [-0.1, -0.05) is 67.8 Å². The molecule has 2 aromatic rings. The van der Waals surface area contributed by atoms with Crippen LogP contribution in [0.15, 0.2) is 59.5 Å². The van der Waals surface area contributed by atoms with Crippen molar-refractivity contribution in [2.45, 2.75) is 69.6 Å². The molecule has 0 fully saturated rings. The summed E-state index contributed by atoms with van der Waals surface area (Å²) in [5.74, 6) is 0. The highest BCUT2D eigenvalue weighted by Crippen LogP contribution is 2.17. The van der Waals surface area contributed by atoms with Gasteiger partial charge in [-0.3, -0.25) is 4.18 Å². The van der Waals surface area contributed by atoms with E-state index in [9.17, 15) is 16.8 Å². The van der Waals surface area contributed by atoms with E-state index in [4.69, 9.17) is 8.92 Å². The fourth-order valence-electron chi connectivity index (χ4n) is 3.39. The molecule has 7 nitrogen and oxygen atoms in total. The maximum Gasteiger partial charge on any atom is 0.264 e. The van der Waals surface area contributed by atoms with Crippen LogP contribution in [0.25, 0.3) is 0 Å². The van der Waals surface area contributed by atoms with Gasteiger partial charge in [0.05, 0.1) is 24.4 Å². The SMILES string of the molecule is CCCC[C@@H](CC[C@H](COCc1ccccc1)OS(C)(=O)=O)NS(=O)(=O)c1ccc(C)cc1. The molecule has 0 aliphatic heterocycles. The number of hydrogen-bond donors (Lipinski definition) is 1. The minimum Gasteiger partial charge on any atom is -0.374 e. The van der Waals surface area contributed by atoms with Crippen LogP contribution in [0.5, 0.6) is 0 Å². The van der Waals surface area contributed by atoms with Crippen molar-refractivity contribution < 1.29 is 25.8 Å². The standard InChI is InChI=1S/C24H35NO6S2/c1-4-5-11-22(25-33(28,29)24-16-12-20(2)13-17-24)14-15-23(31-32(3,26)27)19-30-18-21-9-7-6-8-10-21/h6-10,12-13,16-17,22-23,25H,4-5,11,14-15,18-19H2,1-3H3/t22-,23+/m0/s1.